The zero-order valence-electron chi connectivity index (χ0n) is 11.1. The first kappa shape index (κ1) is 14.2. The second-order valence-electron chi connectivity index (χ2n) is 5.29. The molecule has 0 radical (unpaired) electrons. The predicted molar refractivity (Wildman–Crippen MR) is 71.0 cm³/mol. The fraction of sp³-hybridized carbons (Fsp3) is 1.00. The molecule has 0 bridgehead atoms. The van der Waals surface area contributed by atoms with Crippen molar-refractivity contribution in [2.45, 2.75) is 44.7 Å². The molecule has 18 heavy (non-hydrogen) atoms. The van der Waals surface area contributed by atoms with Crippen LogP contribution in [0.25, 0.3) is 0 Å². The largest absolute Gasteiger partial charge is 0.378 e. The van der Waals surface area contributed by atoms with Crippen LogP contribution in [-0.2, 0) is 14.8 Å². The summed E-state index contributed by atoms with van der Waals surface area (Å²) in [5, 5.41) is 3.40. The van der Waals surface area contributed by atoms with E-state index in [2.05, 4.69) is 5.32 Å². The Morgan fingerprint density at radius 2 is 2.22 bits per heavy atom. The summed E-state index contributed by atoms with van der Waals surface area (Å²) in [6.45, 7) is 4.47. The van der Waals surface area contributed by atoms with Crippen molar-refractivity contribution in [2.24, 2.45) is 0 Å². The minimum Gasteiger partial charge on any atom is -0.378 e. The standard InChI is InChI=1S/C12H24N2O3S/c1-11-10-17-8-7-14(11)18(15,16)9-5-12-4-2-3-6-13-12/h11-13H,2-10H2,1H3. The maximum Gasteiger partial charge on any atom is 0.214 e. The van der Waals surface area contributed by atoms with Gasteiger partial charge in [0.15, 0.2) is 0 Å². The minimum absolute atomic E-state index is 0.0249. The Morgan fingerprint density at radius 3 is 2.89 bits per heavy atom. The monoisotopic (exact) mass is 276 g/mol. The molecule has 6 heteroatoms. The summed E-state index contributed by atoms with van der Waals surface area (Å²) in [4.78, 5) is 0. The average Bonchev–Trinajstić information content (AvgIpc) is 2.38. The van der Waals surface area contributed by atoms with Crippen LogP contribution in [0.1, 0.15) is 32.6 Å². The maximum atomic E-state index is 12.3. The first-order chi connectivity index (χ1) is 8.59. The first-order valence-electron chi connectivity index (χ1n) is 6.90. The molecule has 2 rings (SSSR count). The van der Waals surface area contributed by atoms with Crippen LogP contribution >= 0.6 is 0 Å². The van der Waals surface area contributed by atoms with Crippen LogP contribution in [0.2, 0.25) is 0 Å². The molecule has 2 aliphatic rings. The van der Waals surface area contributed by atoms with E-state index in [-0.39, 0.29) is 11.8 Å². The van der Waals surface area contributed by atoms with E-state index in [1.165, 1.54) is 12.8 Å². The van der Waals surface area contributed by atoms with E-state index in [1.807, 2.05) is 6.92 Å². The summed E-state index contributed by atoms with van der Waals surface area (Å²) in [5.74, 6) is 0.259. The molecule has 0 aromatic rings. The maximum absolute atomic E-state index is 12.3. The third-order valence-electron chi connectivity index (χ3n) is 3.80. The molecule has 2 heterocycles. The summed E-state index contributed by atoms with van der Waals surface area (Å²) >= 11 is 0. The second kappa shape index (κ2) is 6.32. The molecule has 0 aliphatic carbocycles. The van der Waals surface area contributed by atoms with Gasteiger partial charge in [-0.15, -0.1) is 0 Å². The lowest BCUT2D eigenvalue weighted by molar-refractivity contribution is 0.0392. The molecule has 2 aliphatic heterocycles. The Hall–Kier alpha value is -0.170. The fourth-order valence-corrected chi connectivity index (χ4v) is 4.48. The molecule has 2 atom stereocenters. The van der Waals surface area contributed by atoms with Crippen molar-refractivity contribution in [3.05, 3.63) is 0 Å². The molecule has 5 nitrogen and oxygen atoms in total. The van der Waals surface area contributed by atoms with Crippen LogP contribution in [0.5, 0.6) is 0 Å². The highest BCUT2D eigenvalue weighted by Gasteiger charge is 2.30. The molecule has 0 saturated carbocycles. The van der Waals surface area contributed by atoms with Gasteiger partial charge in [0.2, 0.25) is 10.0 Å². The third-order valence-corrected chi connectivity index (χ3v) is 5.81. The van der Waals surface area contributed by atoms with E-state index >= 15 is 0 Å². The van der Waals surface area contributed by atoms with Crippen molar-refractivity contribution in [3.8, 4) is 0 Å². The van der Waals surface area contributed by atoms with Crippen LogP contribution in [0.4, 0.5) is 0 Å². The van der Waals surface area contributed by atoms with Gasteiger partial charge in [0.25, 0.3) is 0 Å². The smallest absolute Gasteiger partial charge is 0.214 e. The zero-order valence-corrected chi connectivity index (χ0v) is 11.9. The summed E-state index contributed by atoms with van der Waals surface area (Å²) < 4.78 is 31.5. The van der Waals surface area contributed by atoms with E-state index < -0.39 is 10.0 Å². The quantitative estimate of drug-likeness (QED) is 0.815. The van der Waals surface area contributed by atoms with Crippen LogP contribution in [0.3, 0.4) is 0 Å². The van der Waals surface area contributed by atoms with Crippen LogP contribution in [0, 0.1) is 0 Å². The number of piperidine rings is 1. The van der Waals surface area contributed by atoms with Gasteiger partial charge in [0, 0.05) is 18.6 Å². The molecule has 2 fully saturated rings. The van der Waals surface area contributed by atoms with Gasteiger partial charge in [-0.3, -0.25) is 0 Å². The van der Waals surface area contributed by atoms with Crippen molar-refractivity contribution < 1.29 is 13.2 Å². The second-order valence-corrected chi connectivity index (χ2v) is 7.33. The number of ether oxygens (including phenoxy) is 1. The number of morpholine rings is 1. The van der Waals surface area contributed by atoms with Crippen LogP contribution in [0.15, 0.2) is 0 Å². The molecule has 0 aromatic heterocycles. The van der Waals surface area contributed by atoms with Gasteiger partial charge in [-0.05, 0) is 32.7 Å². The summed E-state index contributed by atoms with van der Waals surface area (Å²) in [5.41, 5.74) is 0. The van der Waals surface area contributed by atoms with Crippen LogP contribution in [-0.4, -0.2) is 56.9 Å². The van der Waals surface area contributed by atoms with Gasteiger partial charge in [0.1, 0.15) is 0 Å². The molecular formula is C12H24N2O3S. The van der Waals surface area contributed by atoms with Crippen molar-refractivity contribution in [1.29, 1.82) is 0 Å². The lowest BCUT2D eigenvalue weighted by atomic mass is 10.0. The number of hydrogen-bond acceptors (Lipinski definition) is 4. The molecular weight excluding hydrogens is 252 g/mol. The van der Waals surface area contributed by atoms with Crippen molar-refractivity contribution >= 4 is 10.0 Å². The lowest BCUT2D eigenvalue weighted by Gasteiger charge is -2.33. The molecule has 2 unspecified atom stereocenters. The van der Waals surface area contributed by atoms with Gasteiger partial charge in [0.05, 0.1) is 19.0 Å². The van der Waals surface area contributed by atoms with E-state index in [0.29, 0.717) is 25.8 Å². The van der Waals surface area contributed by atoms with Crippen molar-refractivity contribution in [1.82, 2.24) is 9.62 Å². The summed E-state index contributed by atoms with van der Waals surface area (Å²) in [7, 11) is -3.12. The third kappa shape index (κ3) is 3.66. The zero-order chi connectivity index (χ0) is 13.0. The van der Waals surface area contributed by atoms with E-state index in [0.717, 1.165) is 19.4 Å². The SMILES string of the molecule is CC1COCCN1S(=O)(=O)CCC1CCCCN1. The number of sulfonamides is 1. The number of hydrogen-bond donors (Lipinski definition) is 1. The Kier molecular flexibility index (Phi) is 5.00. The molecule has 0 aromatic carbocycles. The van der Waals surface area contributed by atoms with E-state index in [9.17, 15) is 8.42 Å². The van der Waals surface area contributed by atoms with Gasteiger partial charge in [-0.1, -0.05) is 6.42 Å². The topological polar surface area (TPSA) is 58.6 Å². The molecule has 2 saturated heterocycles. The number of nitrogens with zero attached hydrogens (tertiary/aromatic N) is 1. The minimum atomic E-state index is -3.12. The lowest BCUT2D eigenvalue weighted by Crippen LogP contribution is -2.48. The average molecular weight is 276 g/mol. The van der Waals surface area contributed by atoms with E-state index in [1.54, 1.807) is 4.31 Å². The van der Waals surface area contributed by atoms with Crippen LogP contribution < -0.4 is 5.32 Å². The predicted octanol–water partition coefficient (Wildman–Crippen LogP) is 0.569. The normalized spacial score (nSPS) is 31.4. The molecule has 0 amide bonds. The number of nitrogens with one attached hydrogen (secondary N) is 1. The van der Waals surface area contributed by atoms with Crippen molar-refractivity contribution in [2.75, 3.05) is 32.1 Å². The Balaban J connectivity index is 1.85. The van der Waals surface area contributed by atoms with Gasteiger partial charge in [-0.25, -0.2) is 8.42 Å². The highest BCUT2D eigenvalue weighted by Crippen LogP contribution is 2.16. The van der Waals surface area contributed by atoms with Gasteiger partial charge < -0.3 is 10.1 Å². The van der Waals surface area contributed by atoms with Crippen molar-refractivity contribution in [3.63, 3.8) is 0 Å². The molecule has 106 valence electrons. The molecule has 1 N–H and O–H groups in total. The Labute approximate surface area is 110 Å². The highest BCUT2D eigenvalue weighted by atomic mass is 32.2. The highest BCUT2D eigenvalue weighted by molar-refractivity contribution is 7.89. The fourth-order valence-electron chi connectivity index (χ4n) is 2.70. The summed E-state index contributed by atoms with van der Waals surface area (Å²) in [6, 6.07) is 0.355. The number of rotatable bonds is 4. The summed E-state index contributed by atoms with van der Waals surface area (Å²) in [6.07, 6.45) is 4.26. The Bertz CT molecular complexity index is 352. The molecule has 0 spiro atoms. The van der Waals surface area contributed by atoms with Gasteiger partial charge in [-0.2, -0.15) is 4.31 Å². The Morgan fingerprint density at radius 1 is 1.39 bits per heavy atom. The first-order valence-corrected chi connectivity index (χ1v) is 8.51. The van der Waals surface area contributed by atoms with E-state index in [4.69, 9.17) is 4.74 Å². The van der Waals surface area contributed by atoms with Gasteiger partial charge >= 0.3 is 0 Å².